The van der Waals surface area contributed by atoms with E-state index in [1.54, 1.807) is 0 Å². The van der Waals surface area contributed by atoms with Gasteiger partial charge in [-0.1, -0.05) is 60.7 Å². The molecule has 0 atom stereocenters. The molecule has 1 heterocycles. The average molecular weight is 248 g/mol. The van der Waals surface area contributed by atoms with Crippen molar-refractivity contribution in [2.75, 3.05) is 6.61 Å². The highest BCUT2D eigenvalue weighted by atomic mass is 16.5. The standard InChI is InChI=1S/C18H16O/c1-3-9-16-14(7-1)13-15-8-2-4-10-17(15)18(16)11-5-6-12-19-18/h1-10H,11-13H2. The second-order valence-electron chi connectivity index (χ2n) is 5.30. The summed E-state index contributed by atoms with van der Waals surface area (Å²) >= 11 is 0. The third-order valence-corrected chi connectivity index (χ3v) is 4.28. The summed E-state index contributed by atoms with van der Waals surface area (Å²) in [5.41, 5.74) is 5.23. The van der Waals surface area contributed by atoms with Crippen molar-refractivity contribution >= 4 is 0 Å². The van der Waals surface area contributed by atoms with Gasteiger partial charge in [-0.05, 0) is 28.7 Å². The molecule has 4 rings (SSSR count). The van der Waals surface area contributed by atoms with Crippen LogP contribution in [0.25, 0.3) is 0 Å². The Kier molecular flexibility index (Phi) is 2.36. The van der Waals surface area contributed by atoms with Gasteiger partial charge in [-0.15, -0.1) is 0 Å². The van der Waals surface area contributed by atoms with Crippen LogP contribution < -0.4 is 0 Å². The number of benzene rings is 2. The van der Waals surface area contributed by atoms with Crippen LogP contribution in [0.3, 0.4) is 0 Å². The first-order valence-electron chi connectivity index (χ1n) is 6.86. The minimum absolute atomic E-state index is 0.264. The molecule has 0 bridgehead atoms. The van der Waals surface area contributed by atoms with Gasteiger partial charge >= 0.3 is 0 Å². The van der Waals surface area contributed by atoms with Crippen molar-refractivity contribution in [3.8, 4) is 0 Å². The van der Waals surface area contributed by atoms with Crippen molar-refractivity contribution in [3.05, 3.63) is 82.9 Å². The largest absolute Gasteiger partial charge is 0.361 e. The summed E-state index contributed by atoms with van der Waals surface area (Å²) in [6.07, 6.45) is 6.32. The van der Waals surface area contributed by atoms with Gasteiger partial charge in [0.1, 0.15) is 5.60 Å². The second-order valence-corrected chi connectivity index (χ2v) is 5.30. The maximum Gasteiger partial charge on any atom is 0.122 e. The fourth-order valence-electron chi connectivity index (χ4n) is 3.43. The summed E-state index contributed by atoms with van der Waals surface area (Å²) in [5, 5.41) is 0. The van der Waals surface area contributed by atoms with Gasteiger partial charge in [0.05, 0.1) is 6.61 Å². The monoisotopic (exact) mass is 248 g/mol. The van der Waals surface area contributed by atoms with Crippen molar-refractivity contribution < 1.29 is 4.74 Å². The first kappa shape index (κ1) is 11.0. The van der Waals surface area contributed by atoms with E-state index in [-0.39, 0.29) is 5.60 Å². The minimum atomic E-state index is -0.264. The molecule has 19 heavy (non-hydrogen) atoms. The Morgan fingerprint density at radius 1 is 0.789 bits per heavy atom. The molecule has 2 aromatic rings. The lowest BCUT2D eigenvalue weighted by Crippen LogP contribution is -2.37. The van der Waals surface area contributed by atoms with E-state index in [9.17, 15) is 0 Å². The lowest BCUT2D eigenvalue weighted by atomic mass is 9.72. The lowest BCUT2D eigenvalue weighted by Gasteiger charge is -2.41. The van der Waals surface area contributed by atoms with E-state index in [0.29, 0.717) is 6.61 Å². The molecular weight excluding hydrogens is 232 g/mol. The van der Waals surface area contributed by atoms with Gasteiger partial charge in [0.15, 0.2) is 0 Å². The number of rotatable bonds is 0. The van der Waals surface area contributed by atoms with Crippen LogP contribution in [0.1, 0.15) is 28.7 Å². The van der Waals surface area contributed by atoms with Crippen LogP contribution >= 0.6 is 0 Å². The van der Waals surface area contributed by atoms with Crippen LogP contribution in [0.15, 0.2) is 60.7 Å². The molecule has 0 aromatic heterocycles. The van der Waals surface area contributed by atoms with E-state index >= 15 is 0 Å². The van der Waals surface area contributed by atoms with Gasteiger partial charge in [-0.2, -0.15) is 0 Å². The Bertz CT molecular complexity index is 609. The fourth-order valence-corrected chi connectivity index (χ4v) is 3.43. The molecular formula is C18H16O. The Balaban J connectivity index is 2.01. The van der Waals surface area contributed by atoms with Crippen molar-refractivity contribution in [2.45, 2.75) is 18.4 Å². The summed E-state index contributed by atoms with van der Waals surface area (Å²) in [6.45, 7) is 0.697. The van der Waals surface area contributed by atoms with Crippen LogP contribution in [-0.2, 0) is 16.8 Å². The molecule has 1 heteroatoms. The number of hydrogen-bond acceptors (Lipinski definition) is 1. The molecule has 1 nitrogen and oxygen atoms in total. The predicted molar refractivity (Wildman–Crippen MR) is 76.2 cm³/mol. The van der Waals surface area contributed by atoms with E-state index < -0.39 is 0 Å². The normalized spacial score (nSPS) is 18.9. The van der Waals surface area contributed by atoms with Crippen LogP contribution in [0, 0.1) is 0 Å². The Morgan fingerprint density at radius 2 is 1.42 bits per heavy atom. The molecule has 0 N–H and O–H groups in total. The minimum Gasteiger partial charge on any atom is -0.361 e. The third-order valence-electron chi connectivity index (χ3n) is 4.28. The molecule has 2 aliphatic rings. The molecule has 0 amide bonds. The molecule has 1 aliphatic carbocycles. The Morgan fingerprint density at radius 3 is 2.00 bits per heavy atom. The first-order chi connectivity index (χ1) is 9.40. The van der Waals surface area contributed by atoms with Crippen LogP contribution in [0.2, 0.25) is 0 Å². The summed E-state index contributed by atoms with van der Waals surface area (Å²) in [7, 11) is 0. The average Bonchev–Trinajstić information content (AvgIpc) is 2.49. The zero-order chi connectivity index (χ0) is 12.7. The molecule has 1 spiro atoms. The van der Waals surface area contributed by atoms with E-state index in [1.807, 2.05) is 0 Å². The molecule has 0 fully saturated rings. The zero-order valence-electron chi connectivity index (χ0n) is 10.8. The topological polar surface area (TPSA) is 9.23 Å². The maximum absolute atomic E-state index is 6.27. The quantitative estimate of drug-likeness (QED) is 0.644. The van der Waals surface area contributed by atoms with Crippen molar-refractivity contribution in [2.24, 2.45) is 0 Å². The summed E-state index contributed by atoms with van der Waals surface area (Å²) in [5.74, 6) is 0. The van der Waals surface area contributed by atoms with Gasteiger partial charge in [0.2, 0.25) is 0 Å². The van der Waals surface area contributed by atoms with E-state index in [4.69, 9.17) is 4.74 Å². The highest BCUT2D eigenvalue weighted by Gasteiger charge is 2.41. The highest BCUT2D eigenvalue weighted by Crippen LogP contribution is 2.46. The van der Waals surface area contributed by atoms with Crippen LogP contribution in [-0.4, -0.2) is 6.61 Å². The van der Waals surface area contributed by atoms with Gasteiger partial charge < -0.3 is 4.74 Å². The Labute approximate surface area is 113 Å². The SMILES string of the molecule is C1=CCC2(OC1)c1ccccc1Cc1ccccc12. The maximum atomic E-state index is 6.27. The first-order valence-corrected chi connectivity index (χ1v) is 6.86. The molecule has 0 radical (unpaired) electrons. The van der Waals surface area contributed by atoms with E-state index in [0.717, 1.165) is 12.8 Å². The summed E-state index contributed by atoms with van der Waals surface area (Å²) in [4.78, 5) is 0. The van der Waals surface area contributed by atoms with Gasteiger partial charge in [0.25, 0.3) is 0 Å². The summed E-state index contributed by atoms with van der Waals surface area (Å²) in [6, 6.07) is 17.4. The smallest absolute Gasteiger partial charge is 0.122 e. The van der Waals surface area contributed by atoms with E-state index in [2.05, 4.69) is 60.7 Å². The molecule has 1 aliphatic heterocycles. The third kappa shape index (κ3) is 1.52. The van der Waals surface area contributed by atoms with Crippen molar-refractivity contribution in [1.29, 1.82) is 0 Å². The van der Waals surface area contributed by atoms with Gasteiger partial charge in [-0.25, -0.2) is 0 Å². The molecule has 2 aromatic carbocycles. The number of fused-ring (bicyclic) bond motifs is 4. The molecule has 94 valence electrons. The molecule has 0 unspecified atom stereocenters. The van der Waals surface area contributed by atoms with Crippen molar-refractivity contribution in [3.63, 3.8) is 0 Å². The number of hydrogen-bond donors (Lipinski definition) is 0. The molecule has 0 saturated carbocycles. The van der Waals surface area contributed by atoms with Crippen molar-refractivity contribution in [1.82, 2.24) is 0 Å². The number of ether oxygens (including phenoxy) is 1. The van der Waals surface area contributed by atoms with E-state index in [1.165, 1.54) is 22.3 Å². The fraction of sp³-hybridized carbons (Fsp3) is 0.222. The van der Waals surface area contributed by atoms with Crippen LogP contribution in [0.5, 0.6) is 0 Å². The lowest BCUT2D eigenvalue weighted by molar-refractivity contribution is -0.0103. The highest BCUT2D eigenvalue weighted by molar-refractivity contribution is 5.52. The second kappa shape index (κ2) is 4.07. The predicted octanol–water partition coefficient (Wildman–Crippen LogP) is 3.81. The summed E-state index contributed by atoms with van der Waals surface area (Å²) < 4.78 is 6.27. The van der Waals surface area contributed by atoms with Gasteiger partial charge in [0, 0.05) is 6.42 Å². The van der Waals surface area contributed by atoms with Crippen LogP contribution in [0.4, 0.5) is 0 Å². The zero-order valence-corrected chi connectivity index (χ0v) is 10.8. The van der Waals surface area contributed by atoms with Gasteiger partial charge in [-0.3, -0.25) is 0 Å². The molecule has 0 saturated heterocycles. The Hall–Kier alpha value is -1.86.